The largest absolute Gasteiger partial charge is 0.494 e. The van der Waals surface area contributed by atoms with Gasteiger partial charge in [-0.1, -0.05) is 11.6 Å². The normalized spacial score (nSPS) is 21.6. The van der Waals surface area contributed by atoms with Crippen LogP contribution >= 0.6 is 11.6 Å². The highest BCUT2D eigenvalue weighted by atomic mass is 35.5. The Morgan fingerprint density at radius 3 is 2.70 bits per heavy atom. The minimum Gasteiger partial charge on any atom is -0.494 e. The van der Waals surface area contributed by atoms with Gasteiger partial charge in [0.05, 0.1) is 24.4 Å². The lowest BCUT2D eigenvalue weighted by Crippen LogP contribution is -3.12. The molecule has 2 aliphatic heterocycles. The molecule has 140 valence electrons. The van der Waals surface area contributed by atoms with Gasteiger partial charge < -0.3 is 9.64 Å². The molecule has 0 radical (unpaired) electrons. The van der Waals surface area contributed by atoms with Crippen molar-refractivity contribution >= 4 is 29.0 Å². The number of likely N-dealkylation sites (tertiary alicyclic amines) is 1. The zero-order chi connectivity index (χ0) is 19.0. The van der Waals surface area contributed by atoms with E-state index < -0.39 is 11.7 Å². The molecule has 2 aliphatic rings. The van der Waals surface area contributed by atoms with Crippen molar-refractivity contribution in [2.24, 2.45) is 0 Å². The minimum atomic E-state index is -0.469. The molecule has 1 saturated heterocycles. The molecule has 1 fully saturated rings. The number of fused-ring (bicyclic) bond motifs is 1. The molecule has 1 unspecified atom stereocenters. The molecule has 1 N–H and O–H groups in total. The van der Waals surface area contributed by atoms with Crippen LogP contribution in [0.2, 0.25) is 5.02 Å². The summed E-state index contributed by atoms with van der Waals surface area (Å²) in [6.07, 6.45) is 2.16. The fourth-order valence-electron chi connectivity index (χ4n) is 4.10. The summed E-state index contributed by atoms with van der Waals surface area (Å²) in [5.74, 6) is -0.0623. The van der Waals surface area contributed by atoms with Crippen molar-refractivity contribution in [3.63, 3.8) is 0 Å². The second-order valence-electron chi connectivity index (χ2n) is 6.99. The maximum Gasteiger partial charge on any atom is 0.303 e. The fraction of sp³-hybridized carbons (Fsp3) is 0.333. The number of anilines is 1. The van der Waals surface area contributed by atoms with Crippen LogP contribution < -0.4 is 14.5 Å². The number of Topliss-reactive ketones (excluding diaryl/α,β-unsaturated/α-hetero) is 1. The summed E-state index contributed by atoms with van der Waals surface area (Å²) in [6, 6.07) is 13.6. The molecule has 0 aromatic heterocycles. The number of hydrogen-bond acceptors (Lipinski definition) is 3. The van der Waals surface area contributed by atoms with Gasteiger partial charge in [0.15, 0.2) is 6.67 Å². The Balaban J connectivity index is 1.55. The highest BCUT2D eigenvalue weighted by Gasteiger charge is 2.40. The van der Waals surface area contributed by atoms with Gasteiger partial charge in [0.1, 0.15) is 11.8 Å². The summed E-state index contributed by atoms with van der Waals surface area (Å²) in [5, 5.41) is 0.470. The second kappa shape index (κ2) is 7.33. The molecule has 0 bridgehead atoms. The van der Waals surface area contributed by atoms with E-state index in [-0.39, 0.29) is 0 Å². The Hall–Kier alpha value is -2.37. The number of rotatable bonds is 5. The Morgan fingerprint density at radius 2 is 1.96 bits per heavy atom. The molecular weight excluding hydrogens is 364 g/mol. The van der Waals surface area contributed by atoms with E-state index in [1.54, 1.807) is 23.1 Å². The zero-order valence-electron chi connectivity index (χ0n) is 15.2. The molecule has 2 aromatic rings. The number of ether oxygens (including phenoxy) is 1. The van der Waals surface area contributed by atoms with Gasteiger partial charge >= 0.3 is 5.91 Å². The van der Waals surface area contributed by atoms with E-state index in [1.165, 1.54) is 10.5 Å². The van der Waals surface area contributed by atoms with Crippen LogP contribution in [0.1, 0.15) is 41.7 Å². The van der Waals surface area contributed by atoms with E-state index >= 15 is 0 Å². The predicted octanol–water partition coefficient (Wildman–Crippen LogP) is 2.65. The third kappa shape index (κ3) is 3.33. The van der Waals surface area contributed by atoms with Crippen molar-refractivity contribution < 1.29 is 19.2 Å². The van der Waals surface area contributed by atoms with Gasteiger partial charge in [-0.2, -0.15) is 0 Å². The summed E-state index contributed by atoms with van der Waals surface area (Å²) in [7, 11) is 0. The minimum absolute atomic E-state index is 0.305. The van der Waals surface area contributed by atoms with E-state index in [2.05, 4.69) is 12.1 Å². The van der Waals surface area contributed by atoms with Crippen molar-refractivity contribution in [2.75, 3.05) is 24.7 Å². The quantitative estimate of drug-likeness (QED) is 0.805. The third-order valence-corrected chi connectivity index (χ3v) is 5.61. The standard InChI is InChI=1S/C21H21ClN2O3/c1-2-27-16-8-5-14(6-9-16)18-4-3-11-23(18)13-24-19-10-7-15(22)12-17(19)20(25)21(24)26/h5-10,12,18H,2-4,11,13H2,1H3/p+1/t18-/m0/s1. The molecule has 27 heavy (non-hydrogen) atoms. The smallest absolute Gasteiger partial charge is 0.303 e. The van der Waals surface area contributed by atoms with Gasteiger partial charge in [-0.15, -0.1) is 0 Å². The first-order valence-corrected chi connectivity index (χ1v) is 9.69. The predicted molar refractivity (Wildman–Crippen MR) is 104 cm³/mol. The van der Waals surface area contributed by atoms with Crippen LogP contribution in [0.5, 0.6) is 5.75 Å². The van der Waals surface area contributed by atoms with Crippen LogP contribution in [0.15, 0.2) is 42.5 Å². The fourth-order valence-corrected chi connectivity index (χ4v) is 4.27. The number of nitrogens with zero attached hydrogens (tertiary/aromatic N) is 1. The number of ketones is 1. The van der Waals surface area contributed by atoms with Crippen LogP contribution in [0.25, 0.3) is 0 Å². The van der Waals surface area contributed by atoms with Crippen LogP contribution in [0.4, 0.5) is 5.69 Å². The highest BCUT2D eigenvalue weighted by molar-refractivity contribution is 6.52. The maximum atomic E-state index is 12.5. The van der Waals surface area contributed by atoms with Crippen molar-refractivity contribution in [2.45, 2.75) is 25.8 Å². The van der Waals surface area contributed by atoms with E-state index in [9.17, 15) is 9.59 Å². The maximum absolute atomic E-state index is 12.5. The number of nitrogens with one attached hydrogen (secondary N) is 1. The number of benzene rings is 2. The Morgan fingerprint density at radius 1 is 1.19 bits per heavy atom. The first-order valence-electron chi connectivity index (χ1n) is 9.31. The first-order chi connectivity index (χ1) is 13.1. The van der Waals surface area contributed by atoms with Crippen molar-refractivity contribution in [1.29, 1.82) is 0 Å². The summed E-state index contributed by atoms with van der Waals surface area (Å²) in [5.41, 5.74) is 2.31. The van der Waals surface area contributed by atoms with Gasteiger partial charge in [0.2, 0.25) is 0 Å². The van der Waals surface area contributed by atoms with Crippen molar-refractivity contribution in [1.82, 2.24) is 0 Å². The average Bonchev–Trinajstić information content (AvgIpc) is 3.22. The van der Waals surface area contributed by atoms with Gasteiger partial charge in [0.25, 0.3) is 5.78 Å². The molecule has 6 heteroatoms. The number of quaternary nitrogens is 1. The lowest BCUT2D eigenvalue weighted by atomic mass is 10.0. The van der Waals surface area contributed by atoms with Crippen LogP contribution in [-0.4, -0.2) is 31.5 Å². The molecule has 0 aliphatic carbocycles. The highest BCUT2D eigenvalue weighted by Crippen LogP contribution is 2.31. The summed E-state index contributed by atoms with van der Waals surface area (Å²) in [4.78, 5) is 27.7. The molecule has 2 atom stereocenters. The topological polar surface area (TPSA) is 51.1 Å². The number of carbonyl (C=O) groups excluding carboxylic acids is 2. The number of hydrogen-bond donors (Lipinski definition) is 1. The SMILES string of the molecule is CCOc1ccc([C@@H]2CCC[NH+]2CN2C(=O)C(=O)c3cc(Cl)ccc32)cc1. The van der Waals surface area contributed by atoms with E-state index in [0.717, 1.165) is 25.1 Å². The lowest BCUT2D eigenvalue weighted by molar-refractivity contribution is -0.917. The molecule has 1 amide bonds. The summed E-state index contributed by atoms with van der Waals surface area (Å²) < 4.78 is 5.52. The van der Waals surface area contributed by atoms with Gasteiger partial charge in [-0.25, -0.2) is 0 Å². The molecular formula is C21H22ClN2O3+. The molecule has 5 nitrogen and oxygen atoms in total. The number of carbonyl (C=O) groups is 2. The third-order valence-electron chi connectivity index (χ3n) is 5.37. The molecule has 2 aromatic carbocycles. The molecule has 2 heterocycles. The Bertz CT molecular complexity index is 881. The monoisotopic (exact) mass is 385 g/mol. The van der Waals surface area contributed by atoms with Crippen molar-refractivity contribution in [3.05, 3.63) is 58.6 Å². The van der Waals surface area contributed by atoms with Crippen LogP contribution in [0.3, 0.4) is 0 Å². The molecule has 4 rings (SSSR count). The summed E-state index contributed by atoms with van der Waals surface area (Å²) in [6.45, 7) is 4.07. The molecule has 0 spiro atoms. The van der Waals surface area contributed by atoms with Crippen LogP contribution in [-0.2, 0) is 4.79 Å². The van der Waals surface area contributed by atoms with Gasteiger partial charge in [-0.3, -0.25) is 14.5 Å². The second-order valence-corrected chi connectivity index (χ2v) is 7.42. The summed E-state index contributed by atoms with van der Waals surface area (Å²) >= 11 is 6.00. The van der Waals surface area contributed by atoms with E-state index in [1.807, 2.05) is 19.1 Å². The zero-order valence-corrected chi connectivity index (χ0v) is 16.0. The van der Waals surface area contributed by atoms with Gasteiger partial charge in [-0.05, 0) is 49.4 Å². The van der Waals surface area contributed by atoms with Crippen LogP contribution in [0, 0.1) is 0 Å². The average molecular weight is 386 g/mol. The lowest BCUT2D eigenvalue weighted by Gasteiger charge is -2.26. The van der Waals surface area contributed by atoms with Crippen molar-refractivity contribution in [3.8, 4) is 5.75 Å². The Labute approximate surface area is 163 Å². The number of halogens is 1. The first kappa shape index (κ1) is 18.0. The van der Waals surface area contributed by atoms with E-state index in [4.69, 9.17) is 16.3 Å². The number of amides is 1. The van der Waals surface area contributed by atoms with Gasteiger partial charge in [0, 0.05) is 23.4 Å². The van der Waals surface area contributed by atoms with E-state index in [0.29, 0.717) is 35.6 Å². The molecule has 0 saturated carbocycles. The Kier molecular flexibility index (Phi) is 4.89.